The fourth-order valence-corrected chi connectivity index (χ4v) is 7.02. The van der Waals surface area contributed by atoms with E-state index in [1.807, 2.05) is 32.3 Å². The Balaban J connectivity index is 1.57. The SMILES string of the molecule is CCN(c1ccc(OC)cc1)S(=O)(=O)C1CC2OC1C(c1cnn(C)c1)=C2c1ccc(O)cc1. The molecule has 0 aliphatic carbocycles. The molecular formula is C25H27N3O5S. The average Bonchev–Trinajstić information content (AvgIpc) is 3.55. The molecule has 3 heterocycles. The number of aromatic nitrogens is 2. The summed E-state index contributed by atoms with van der Waals surface area (Å²) in [4.78, 5) is 0. The van der Waals surface area contributed by atoms with Gasteiger partial charge in [0.05, 0.1) is 25.1 Å². The van der Waals surface area contributed by atoms with Gasteiger partial charge in [-0.25, -0.2) is 8.42 Å². The molecular weight excluding hydrogens is 454 g/mol. The van der Waals surface area contributed by atoms with Crippen LogP contribution in [0.15, 0.2) is 60.9 Å². The molecule has 2 bridgehead atoms. The Bertz CT molecular complexity index is 1330. The average molecular weight is 482 g/mol. The van der Waals surface area contributed by atoms with Crippen molar-refractivity contribution in [3.63, 3.8) is 0 Å². The second-order valence-electron chi connectivity index (χ2n) is 8.50. The lowest BCUT2D eigenvalue weighted by atomic mass is 9.84. The quantitative estimate of drug-likeness (QED) is 0.556. The Morgan fingerprint density at radius 3 is 2.41 bits per heavy atom. The summed E-state index contributed by atoms with van der Waals surface area (Å²) in [5, 5.41) is 13.3. The molecule has 9 heteroatoms. The van der Waals surface area contributed by atoms with Crippen LogP contribution in [0.1, 0.15) is 24.5 Å². The summed E-state index contributed by atoms with van der Waals surface area (Å²) < 4.78 is 42.5. The molecule has 178 valence electrons. The van der Waals surface area contributed by atoms with Crippen LogP contribution in [0.25, 0.3) is 11.1 Å². The van der Waals surface area contributed by atoms with Crippen molar-refractivity contribution in [3.05, 3.63) is 72.1 Å². The number of benzene rings is 2. The van der Waals surface area contributed by atoms with Crippen molar-refractivity contribution < 1.29 is 23.0 Å². The van der Waals surface area contributed by atoms with Gasteiger partial charge in [-0.3, -0.25) is 8.99 Å². The Kier molecular flexibility index (Phi) is 5.61. The van der Waals surface area contributed by atoms with Crippen molar-refractivity contribution in [2.24, 2.45) is 7.05 Å². The molecule has 34 heavy (non-hydrogen) atoms. The molecule has 3 atom stereocenters. The van der Waals surface area contributed by atoms with E-state index in [0.29, 0.717) is 24.4 Å². The lowest BCUT2D eigenvalue weighted by Gasteiger charge is -2.31. The van der Waals surface area contributed by atoms with Gasteiger partial charge in [0.1, 0.15) is 22.9 Å². The van der Waals surface area contributed by atoms with Crippen LogP contribution >= 0.6 is 0 Å². The molecule has 2 aromatic carbocycles. The minimum Gasteiger partial charge on any atom is -0.508 e. The van der Waals surface area contributed by atoms with Gasteiger partial charge >= 0.3 is 0 Å². The number of phenols is 1. The summed E-state index contributed by atoms with van der Waals surface area (Å²) in [7, 11) is -0.329. The maximum absolute atomic E-state index is 13.9. The smallest absolute Gasteiger partial charge is 0.241 e. The van der Waals surface area contributed by atoms with Crippen molar-refractivity contribution in [1.29, 1.82) is 0 Å². The van der Waals surface area contributed by atoms with Crippen molar-refractivity contribution in [2.45, 2.75) is 30.8 Å². The van der Waals surface area contributed by atoms with Gasteiger partial charge in [0.2, 0.25) is 10.0 Å². The molecule has 1 fully saturated rings. The van der Waals surface area contributed by atoms with Gasteiger partial charge in [-0.15, -0.1) is 0 Å². The lowest BCUT2D eigenvalue weighted by Crippen LogP contribution is -2.43. The third-order valence-electron chi connectivity index (χ3n) is 6.52. The van der Waals surface area contributed by atoms with Crippen LogP contribution in [0.5, 0.6) is 11.5 Å². The van der Waals surface area contributed by atoms with Crippen LogP contribution in [0, 0.1) is 0 Å². The minimum absolute atomic E-state index is 0.176. The Morgan fingerprint density at radius 1 is 1.12 bits per heavy atom. The zero-order valence-corrected chi connectivity index (χ0v) is 20.1. The van der Waals surface area contributed by atoms with E-state index in [1.54, 1.807) is 54.4 Å². The fourth-order valence-electron chi connectivity index (χ4n) is 4.98. The number of methoxy groups -OCH3 is 1. The molecule has 0 amide bonds. The molecule has 0 saturated carbocycles. The molecule has 0 spiro atoms. The molecule has 2 aliphatic rings. The standard InChI is InChI=1S/C25H27N3O5S/c1-4-28(18-7-11-20(32-3)12-8-18)34(30,31)22-13-21-23(16-5-9-19(29)10-6-16)24(25(22)33-21)17-14-26-27(2)15-17/h5-12,14-15,21-22,25,29H,4,13H2,1-3H3. The highest BCUT2D eigenvalue weighted by Gasteiger charge is 2.54. The number of anilines is 1. The van der Waals surface area contributed by atoms with Crippen molar-refractivity contribution in [2.75, 3.05) is 18.0 Å². The zero-order chi connectivity index (χ0) is 24.0. The lowest BCUT2D eigenvalue weighted by molar-refractivity contribution is 0.128. The maximum Gasteiger partial charge on any atom is 0.241 e. The predicted octanol–water partition coefficient (Wildman–Crippen LogP) is 3.44. The molecule has 1 saturated heterocycles. The number of hydrogen-bond acceptors (Lipinski definition) is 6. The van der Waals surface area contributed by atoms with Crippen molar-refractivity contribution in [3.8, 4) is 11.5 Å². The molecule has 1 aromatic heterocycles. The fraction of sp³-hybridized carbons (Fsp3) is 0.320. The number of aromatic hydroxyl groups is 1. The van der Waals surface area contributed by atoms with Crippen LogP contribution in [0.4, 0.5) is 5.69 Å². The van der Waals surface area contributed by atoms with Crippen molar-refractivity contribution in [1.82, 2.24) is 9.78 Å². The number of nitrogens with zero attached hydrogens (tertiary/aromatic N) is 3. The van der Waals surface area contributed by atoms with E-state index < -0.39 is 21.4 Å². The molecule has 5 rings (SSSR count). The molecule has 0 radical (unpaired) electrons. The first-order chi connectivity index (χ1) is 16.3. The van der Waals surface area contributed by atoms with E-state index >= 15 is 0 Å². The molecule has 2 aliphatic heterocycles. The number of aryl methyl sites for hydroxylation is 1. The highest BCUT2D eigenvalue weighted by Crippen LogP contribution is 2.51. The number of hydrogen-bond donors (Lipinski definition) is 1. The first kappa shape index (κ1) is 22.5. The van der Waals surface area contributed by atoms with E-state index in [0.717, 1.165) is 22.3 Å². The van der Waals surface area contributed by atoms with Gasteiger partial charge < -0.3 is 14.6 Å². The Hall–Kier alpha value is -3.30. The molecule has 3 aromatic rings. The Labute approximate surface area is 199 Å². The predicted molar refractivity (Wildman–Crippen MR) is 130 cm³/mol. The third kappa shape index (κ3) is 3.65. The maximum atomic E-state index is 13.9. The first-order valence-corrected chi connectivity index (χ1v) is 12.7. The Morgan fingerprint density at radius 2 is 1.82 bits per heavy atom. The number of rotatable bonds is 7. The van der Waals surface area contributed by atoms with Crippen LogP contribution in [0.3, 0.4) is 0 Å². The molecule has 3 unspecified atom stereocenters. The molecule has 8 nitrogen and oxygen atoms in total. The second-order valence-corrected chi connectivity index (χ2v) is 10.6. The van der Waals surface area contributed by atoms with Gasteiger partial charge in [0, 0.05) is 25.4 Å². The number of sulfonamides is 1. The monoisotopic (exact) mass is 481 g/mol. The van der Waals surface area contributed by atoms with Crippen LogP contribution in [-0.4, -0.2) is 54.4 Å². The summed E-state index contributed by atoms with van der Waals surface area (Å²) in [5.74, 6) is 0.843. The van der Waals surface area contributed by atoms with Gasteiger partial charge in [-0.05, 0) is 66.5 Å². The number of ether oxygens (including phenoxy) is 2. The van der Waals surface area contributed by atoms with Crippen molar-refractivity contribution >= 4 is 26.9 Å². The molecule has 1 N–H and O–H groups in total. The highest BCUT2D eigenvalue weighted by molar-refractivity contribution is 7.93. The zero-order valence-electron chi connectivity index (χ0n) is 19.2. The number of fused-ring (bicyclic) bond motifs is 2. The second kappa shape index (κ2) is 8.48. The van der Waals surface area contributed by atoms with Gasteiger partial charge in [-0.1, -0.05) is 12.1 Å². The summed E-state index contributed by atoms with van der Waals surface area (Å²) >= 11 is 0. The van der Waals surface area contributed by atoms with Gasteiger partial charge in [0.25, 0.3) is 0 Å². The van der Waals surface area contributed by atoms with Crippen LogP contribution in [0.2, 0.25) is 0 Å². The largest absolute Gasteiger partial charge is 0.508 e. The van der Waals surface area contributed by atoms with E-state index in [-0.39, 0.29) is 11.9 Å². The van der Waals surface area contributed by atoms with E-state index in [9.17, 15) is 13.5 Å². The van der Waals surface area contributed by atoms with E-state index in [2.05, 4.69) is 5.10 Å². The normalized spacial score (nSPS) is 21.8. The number of phenolic OH excluding ortho intramolecular Hbond substituents is 1. The highest BCUT2D eigenvalue weighted by atomic mass is 32.2. The summed E-state index contributed by atoms with van der Waals surface area (Å²) in [6, 6.07) is 14.0. The minimum atomic E-state index is -3.73. The third-order valence-corrected chi connectivity index (χ3v) is 8.81. The van der Waals surface area contributed by atoms with Crippen LogP contribution in [-0.2, 0) is 21.8 Å². The van der Waals surface area contributed by atoms with Gasteiger partial charge in [0.15, 0.2) is 0 Å². The topological polar surface area (TPSA) is 93.9 Å². The summed E-state index contributed by atoms with van der Waals surface area (Å²) in [5.41, 5.74) is 4.14. The summed E-state index contributed by atoms with van der Waals surface area (Å²) in [6.07, 6.45) is 3.00. The van der Waals surface area contributed by atoms with E-state index in [4.69, 9.17) is 9.47 Å². The van der Waals surface area contributed by atoms with Gasteiger partial charge in [-0.2, -0.15) is 5.10 Å². The van der Waals surface area contributed by atoms with Crippen LogP contribution < -0.4 is 9.04 Å². The first-order valence-electron chi connectivity index (χ1n) is 11.2. The summed E-state index contributed by atoms with van der Waals surface area (Å²) in [6.45, 7) is 2.13. The van der Waals surface area contributed by atoms with E-state index in [1.165, 1.54) is 4.31 Å².